The first-order valence-corrected chi connectivity index (χ1v) is 9.52. The van der Waals surface area contributed by atoms with Crippen molar-refractivity contribution < 1.29 is 23.7 Å². The molecular formula is C21H27N3O5. The Bertz CT molecular complexity index is 831. The van der Waals surface area contributed by atoms with Crippen LogP contribution in [0.5, 0.6) is 17.2 Å². The van der Waals surface area contributed by atoms with Gasteiger partial charge in [-0.25, -0.2) is 0 Å². The summed E-state index contributed by atoms with van der Waals surface area (Å²) in [6, 6.07) is 3.55. The highest BCUT2D eigenvalue weighted by Crippen LogP contribution is 2.38. The summed E-state index contributed by atoms with van der Waals surface area (Å²) in [6.07, 6.45) is 8.73. The van der Waals surface area contributed by atoms with E-state index >= 15 is 0 Å². The Morgan fingerprint density at radius 3 is 2.52 bits per heavy atom. The molecule has 1 aromatic heterocycles. The number of aromatic nitrogens is 2. The number of anilines is 1. The average Bonchev–Trinajstić information content (AvgIpc) is 3.18. The molecule has 1 N–H and O–H groups in total. The van der Waals surface area contributed by atoms with Crippen LogP contribution in [-0.4, -0.2) is 50.2 Å². The molecule has 1 amide bonds. The number of methoxy groups -OCH3 is 3. The lowest BCUT2D eigenvalue weighted by molar-refractivity contribution is -0.111. The van der Waals surface area contributed by atoms with Gasteiger partial charge in [-0.3, -0.25) is 9.48 Å². The molecule has 156 valence electrons. The molecule has 1 aromatic carbocycles. The summed E-state index contributed by atoms with van der Waals surface area (Å²) in [5.74, 6) is 1.88. The topological polar surface area (TPSA) is 83.8 Å². The Hall–Kier alpha value is -3.00. The lowest BCUT2D eigenvalue weighted by Gasteiger charge is -2.21. The van der Waals surface area contributed by atoms with E-state index in [1.807, 2.05) is 10.9 Å². The van der Waals surface area contributed by atoms with E-state index in [1.54, 1.807) is 45.7 Å². The summed E-state index contributed by atoms with van der Waals surface area (Å²) in [4.78, 5) is 12.3. The van der Waals surface area contributed by atoms with E-state index in [-0.39, 0.29) is 5.91 Å². The van der Waals surface area contributed by atoms with Crippen LogP contribution in [0.15, 0.2) is 30.6 Å². The molecule has 0 aliphatic carbocycles. The zero-order valence-corrected chi connectivity index (χ0v) is 17.0. The van der Waals surface area contributed by atoms with Gasteiger partial charge in [-0.15, -0.1) is 0 Å². The number of carbonyl (C=O) groups is 1. The molecule has 0 radical (unpaired) electrons. The average molecular weight is 401 g/mol. The fraction of sp³-hybridized carbons (Fsp3) is 0.429. The summed E-state index contributed by atoms with van der Waals surface area (Å²) in [5.41, 5.74) is 1.42. The van der Waals surface area contributed by atoms with Gasteiger partial charge in [-0.05, 0) is 42.5 Å². The number of hydrogen-bond donors (Lipinski definition) is 1. The number of ether oxygens (including phenoxy) is 4. The van der Waals surface area contributed by atoms with Crippen LogP contribution in [0.1, 0.15) is 18.4 Å². The minimum atomic E-state index is -0.246. The highest BCUT2D eigenvalue weighted by atomic mass is 16.5. The van der Waals surface area contributed by atoms with Crippen LogP contribution in [-0.2, 0) is 16.1 Å². The smallest absolute Gasteiger partial charge is 0.248 e. The Labute approximate surface area is 170 Å². The van der Waals surface area contributed by atoms with Gasteiger partial charge in [0, 0.05) is 32.0 Å². The summed E-state index contributed by atoms with van der Waals surface area (Å²) in [5, 5.41) is 7.16. The van der Waals surface area contributed by atoms with Crippen molar-refractivity contribution in [1.82, 2.24) is 9.78 Å². The number of carbonyl (C=O) groups excluding carboxylic acids is 1. The fourth-order valence-corrected chi connectivity index (χ4v) is 3.27. The quantitative estimate of drug-likeness (QED) is 0.685. The number of nitrogens with one attached hydrogen (secondary N) is 1. The molecule has 0 unspecified atom stereocenters. The van der Waals surface area contributed by atoms with Crippen LogP contribution in [0.3, 0.4) is 0 Å². The van der Waals surface area contributed by atoms with Crippen LogP contribution in [0, 0.1) is 5.92 Å². The summed E-state index contributed by atoms with van der Waals surface area (Å²) >= 11 is 0. The van der Waals surface area contributed by atoms with Crippen molar-refractivity contribution in [2.45, 2.75) is 19.4 Å². The van der Waals surface area contributed by atoms with E-state index in [1.165, 1.54) is 6.08 Å². The second-order valence-corrected chi connectivity index (χ2v) is 6.79. The van der Waals surface area contributed by atoms with Gasteiger partial charge in [0.1, 0.15) is 0 Å². The van der Waals surface area contributed by atoms with Crippen molar-refractivity contribution in [2.24, 2.45) is 5.92 Å². The molecule has 0 spiro atoms. The SMILES string of the molecule is COc1cc(/C=C/C(=O)Nc2cnn(CC3CCOCC3)c2)cc(OC)c1OC. The third-order valence-corrected chi connectivity index (χ3v) is 4.80. The maximum absolute atomic E-state index is 12.3. The predicted octanol–water partition coefficient (Wildman–Crippen LogP) is 2.99. The molecule has 1 saturated heterocycles. The summed E-state index contributed by atoms with van der Waals surface area (Å²) < 4.78 is 23.2. The molecular weight excluding hydrogens is 374 g/mol. The van der Waals surface area contributed by atoms with Gasteiger partial charge in [0.25, 0.3) is 0 Å². The minimum Gasteiger partial charge on any atom is -0.493 e. The number of amides is 1. The maximum Gasteiger partial charge on any atom is 0.248 e. The van der Waals surface area contributed by atoms with E-state index in [2.05, 4.69) is 10.4 Å². The Kier molecular flexibility index (Phi) is 7.13. The molecule has 8 nitrogen and oxygen atoms in total. The van der Waals surface area contributed by atoms with Crippen molar-refractivity contribution in [3.8, 4) is 17.2 Å². The number of benzene rings is 1. The van der Waals surface area contributed by atoms with Gasteiger partial charge >= 0.3 is 0 Å². The monoisotopic (exact) mass is 401 g/mol. The van der Waals surface area contributed by atoms with Gasteiger partial charge in [-0.2, -0.15) is 5.10 Å². The van der Waals surface area contributed by atoms with E-state index in [0.29, 0.717) is 28.9 Å². The van der Waals surface area contributed by atoms with Gasteiger partial charge < -0.3 is 24.3 Å². The molecule has 0 atom stereocenters. The molecule has 1 aliphatic heterocycles. The third kappa shape index (κ3) is 5.51. The first-order chi connectivity index (χ1) is 14.1. The lowest BCUT2D eigenvalue weighted by Crippen LogP contribution is -2.20. The van der Waals surface area contributed by atoms with E-state index < -0.39 is 0 Å². The molecule has 1 aliphatic rings. The molecule has 0 bridgehead atoms. The first kappa shape index (κ1) is 20.7. The van der Waals surface area contributed by atoms with Gasteiger partial charge in [0.05, 0.1) is 33.2 Å². The van der Waals surface area contributed by atoms with Gasteiger partial charge in [0.15, 0.2) is 11.5 Å². The Balaban J connectivity index is 1.61. The third-order valence-electron chi connectivity index (χ3n) is 4.80. The Morgan fingerprint density at radius 2 is 1.90 bits per heavy atom. The molecule has 0 saturated carbocycles. The zero-order valence-electron chi connectivity index (χ0n) is 17.0. The highest BCUT2D eigenvalue weighted by Gasteiger charge is 2.15. The second-order valence-electron chi connectivity index (χ2n) is 6.79. The van der Waals surface area contributed by atoms with Crippen molar-refractivity contribution in [1.29, 1.82) is 0 Å². The highest BCUT2D eigenvalue weighted by molar-refractivity contribution is 6.01. The van der Waals surface area contributed by atoms with Crippen molar-refractivity contribution in [2.75, 3.05) is 39.9 Å². The van der Waals surface area contributed by atoms with E-state index in [9.17, 15) is 4.79 Å². The van der Waals surface area contributed by atoms with Crippen LogP contribution < -0.4 is 19.5 Å². The minimum absolute atomic E-state index is 0.246. The molecule has 1 fully saturated rings. The molecule has 29 heavy (non-hydrogen) atoms. The van der Waals surface area contributed by atoms with Crippen molar-refractivity contribution >= 4 is 17.7 Å². The second kappa shape index (κ2) is 9.97. The van der Waals surface area contributed by atoms with Crippen LogP contribution in [0.2, 0.25) is 0 Å². The van der Waals surface area contributed by atoms with Crippen LogP contribution in [0.25, 0.3) is 6.08 Å². The van der Waals surface area contributed by atoms with Gasteiger partial charge in [0.2, 0.25) is 11.7 Å². The van der Waals surface area contributed by atoms with Crippen molar-refractivity contribution in [3.63, 3.8) is 0 Å². The number of rotatable bonds is 8. The fourth-order valence-electron chi connectivity index (χ4n) is 3.27. The maximum atomic E-state index is 12.3. The van der Waals surface area contributed by atoms with E-state index in [0.717, 1.165) is 38.2 Å². The Morgan fingerprint density at radius 1 is 1.21 bits per heavy atom. The number of hydrogen-bond acceptors (Lipinski definition) is 6. The molecule has 2 aromatic rings. The predicted molar refractivity (Wildman–Crippen MR) is 110 cm³/mol. The molecule has 3 rings (SSSR count). The van der Waals surface area contributed by atoms with Crippen LogP contribution in [0.4, 0.5) is 5.69 Å². The number of nitrogens with zero attached hydrogens (tertiary/aromatic N) is 2. The van der Waals surface area contributed by atoms with E-state index in [4.69, 9.17) is 18.9 Å². The normalized spacial score (nSPS) is 14.7. The summed E-state index contributed by atoms with van der Waals surface area (Å²) in [7, 11) is 4.65. The standard InChI is InChI=1S/C21H27N3O5/c1-26-18-10-16(11-19(27-2)21(18)28-3)4-5-20(25)23-17-12-22-24(14-17)13-15-6-8-29-9-7-15/h4-5,10-12,14-15H,6-9,13H2,1-3H3,(H,23,25)/b5-4+. The summed E-state index contributed by atoms with van der Waals surface area (Å²) in [6.45, 7) is 2.45. The first-order valence-electron chi connectivity index (χ1n) is 9.52. The van der Waals surface area contributed by atoms with Gasteiger partial charge in [-0.1, -0.05) is 0 Å². The largest absolute Gasteiger partial charge is 0.493 e. The lowest BCUT2D eigenvalue weighted by atomic mass is 10.0. The molecule has 2 heterocycles. The molecule has 8 heteroatoms. The zero-order chi connectivity index (χ0) is 20.6. The van der Waals surface area contributed by atoms with Crippen LogP contribution >= 0.6 is 0 Å². The van der Waals surface area contributed by atoms with Crippen molar-refractivity contribution in [3.05, 3.63) is 36.2 Å².